The van der Waals surface area contributed by atoms with Crippen LogP contribution in [0.25, 0.3) is 0 Å². The summed E-state index contributed by atoms with van der Waals surface area (Å²) in [5.41, 5.74) is -0.692. The largest absolute Gasteiger partial charge is 0.509 e. The van der Waals surface area contributed by atoms with Gasteiger partial charge in [0.1, 0.15) is 17.4 Å². The number of carbonyl (C=O) groups is 3. The number of hydrogen-bond acceptors (Lipinski definition) is 10. The number of ether oxygens (including phenoxy) is 5. The van der Waals surface area contributed by atoms with Gasteiger partial charge in [-0.3, -0.25) is 4.79 Å². The first-order chi connectivity index (χ1) is 18.7. The van der Waals surface area contributed by atoms with Gasteiger partial charge < -0.3 is 39.0 Å². The van der Waals surface area contributed by atoms with Crippen molar-refractivity contribution in [3.05, 3.63) is 35.1 Å². The Morgan fingerprint density at radius 1 is 1.23 bits per heavy atom. The van der Waals surface area contributed by atoms with Crippen molar-refractivity contribution < 1.29 is 43.2 Å². The second-order valence-electron chi connectivity index (χ2n) is 12.2. The van der Waals surface area contributed by atoms with Crippen LogP contribution in [0.1, 0.15) is 58.6 Å². The van der Waals surface area contributed by atoms with Gasteiger partial charge in [0.05, 0.1) is 18.1 Å². The molecule has 5 rings (SSSR count). The number of aliphatic hydroxyl groups is 1. The number of rotatable bonds is 6. The molecule has 1 saturated heterocycles. The van der Waals surface area contributed by atoms with E-state index < -0.39 is 52.9 Å². The van der Waals surface area contributed by atoms with Crippen molar-refractivity contribution in [2.45, 2.75) is 94.8 Å². The number of esters is 1. The highest BCUT2D eigenvalue weighted by Crippen LogP contribution is 2.65. The second-order valence-corrected chi connectivity index (χ2v) is 12.2. The highest BCUT2D eigenvalue weighted by atomic mass is 16.7. The highest BCUT2D eigenvalue weighted by Gasteiger charge is 2.72. The van der Waals surface area contributed by atoms with Gasteiger partial charge in [-0.1, -0.05) is 6.07 Å². The Hall–Kier alpha value is -3.31. The molecule has 2 heterocycles. The third-order valence-electron chi connectivity index (χ3n) is 8.52. The average molecular weight is 559 g/mol. The summed E-state index contributed by atoms with van der Waals surface area (Å²) in [6.07, 6.45) is 0.364. The molecule has 2 bridgehead atoms. The maximum absolute atomic E-state index is 13.2. The van der Waals surface area contributed by atoms with Crippen LogP contribution in [-0.4, -0.2) is 84.2 Å². The predicted octanol–water partition coefficient (Wildman–Crippen LogP) is 2.36. The van der Waals surface area contributed by atoms with Crippen LogP contribution in [0.3, 0.4) is 0 Å². The van der Waals surface area contributed by atoms with Crippen LogP contribution < -0.4 is 14.8 Å². The van der Waals surface area contributed by atoms with Gasteiger partial charge >= 0.3 is 12.1 Å². The normalized spacial score (nSPS) is 29.6. The molecule has 11 heteroatoms. The average Bonchev–Trinajstić information content (AvgIpc) is 3.22. The molecule has 1 spiro atoms. The summed E-state index contributed by atoms with van der Waals surface area (Å²) in [4.78, 5) is 39.9. The van der Waals surface area contributed by atoms with E-state index in [0.717, 1.165) is 17.7 Å². The minimum atomic E-state index is -1.19. The lowest BCUT2D eigenvalue weighted by Gasteiger charge is -2.61. The maximum Gasteiger partial charge on any atom is 0.509 e. The van der Waals surface area contributed by atoms with Gasteiger partial charge in [0.15, 0.2) is 23.7 Å². The topological polar surface area (TPSA) is 133 Å². The molecule has 0 radical (unpaired) electrons. The van der Waals surface area contributed by atoms with E-state index in [1.807, 2.05) is 19.2 Å². The van der Waals surface area contributed by atoms with E-state index in [2.05, 4.69) is 10.2 Å². The van der Waals surface area contributed by atoms with Crippen LogP contribution in [0.4, 0.5) is 4.79 Å². The highest BCUT2D eigenvalue weighted by molar-refractivity contribution is 5.87. The third kappa shape index (κ3) is 4.30. The monoisotopic (exact) mass is 558 g/mol. The van der Waals surface area contributed by atoms with Crippen LogP contribution in [0, 0.1) is 0 Å². The minimum absolute atomic E-state index is 0.127. The van der Waals surface area contributed by atoms with E-state index in [0.29, 0.717) is 30.1 Å². The molecule has 2 N–H and O–H groups in total. The fraction of sp³-hybridized carbons (Fsp3) is 0.621. The summed E-state index contributed by atoms with van der Waals surface area (Å²) in [5.74, 6) is 0.0451. The fourth-order valence-electron chi connectivity index (χ4n) is 6.65. The van der Waals surface area contributed by atoms with Gasteiger partial charge in [0, 0.05) is 18.0 Å². The fourth-order valence-corrected chi connectivity index (χ4v) is 6.65. The number of likely N-dealkylation sites (N-methyl/N-ethyl adjacent to an activating group) is 1. The van der Waals surface area contributed by atoms with Gasteiger partial charge in [0.2, 0.25) is 0 Å². The van der Waals surface area contributed by atoms with Gasteiger partial charge in [-0.2, -0.15) is 0 Å². The molecule has 0 saturated carbocycles. The quantitative estimate of drug-likeness (QED) is 0.502. The summed E-state index contributed by atoms with van der Waals surface area (Å²) >= 11 is 0. The van der Waals surface area contributed by atoms with Crippen molar-refractivity contribution in [2.24, 2.45) is 0 Å². The zero-order valence-electron chi connectivity index (χ0n) is 24.0. The van der Waals surface area contributed by atoms with E-state index in [1.165, 1.54) is 13.8 Å². The molecular weight excluding hydrogens is 520 g/mol. The van der Waals surface area contributed by atoms with Gasteiger partial charge in [0.25, 0.3) is 5.91 Å². The molecule has 6 atom stereocenters. The molecule has 2 aliphatic carbocycles. The lowest BCUT2D eigenvalue weighted by atomic mass is 9.50. The van der Waals surface area contributed by atoms with E-state index in [1.54, 1.807) is 34.0 Å². The van der Waals surface area contributed by atoms with Crippen LogP contribution in [0.15, 0.2) is 24.0 Å². The van der Waals surface area contributed by atoms with E-state index in [-0.39, 0.29) is 12.5 Å². The first-order valence-corrected chi connectivity index (χ1v) is 13.6. The minimum Gasteiger partial charge on any atom is -0.493 e. The number of nitrogens with zero attached hydrogens (tertiary/aromatic N) is 1. The number of likely N-dealkylation sites (tertiary alicyclic amines) is 1. The second kappa shape index (κ2) is 9.66. The van der Waals surface area contributed by atoms with Crippen molar-refractivity contribution in [3.63, 3.8) is 0 Å². The molecular formula is C29H38N2O9. The van der Waals surface area contributed by atoms with Gasteiger partial charge in [-0.15, -0.1) is 0 Å². The van der Waals surface area contributed by atoms with Gasteiger partial charge in [-0.25, -0.2) is 9.59 Å². The molecule has 1 amide bonds. The number of nitrogens with one attached hydrogen (secondary N) is 1. The molecule has 4 aliphatic rings. The molecule has 1 unspecified atom stereocenters. The Morgan fingerprint density at radius 3 is 2.62 bits per heavy atom. The Morgan fingerprint density at radius 2 is 1.95 bits per heavy atom. The molecule has 11 nitrogen and oxygen atoms in total. The Kier molecular flexibility index (Phi) is 6.81. The van der Waals surface area contributed by atoms with Crippen molar-refractivity contribution in [1.29, 1.82) is 0 Å². The molecule has 2 aliphatic heterocycles. The first kappa shape index (κ1) is 28.2. The Labute approximate surface area is 233 Å². The van der Waals surface area contributed by atoms with Crippen molar-refractivity contribution in [1.82, 2.24) is 10.2 Å². The summed E-state index contributed by atoms with van der Waals surface area (Å²) in [6, 6.07) is 2.72. The van der Waals surface area contributed by atoms with Crippen LogP contribution >= 0.6 is 0 Å². The number of methoxy groups -OCH3 is 1. The molecule has 40 heavy (non-hydrogen) atoms. The van der Waals surface area contributed by atoms with Crippen molar-refractivity contribution in [3.8, 4) is 11.5 Å². The van der Waals surface area contributed by atoms with Gasteiger partial charge in [-0.05, 0) is 78.8 Å². The third-order valence-corrected chi connectivity index (χ3v) is 8.52. The summed E-state index contributed by atoms with van der Waals surface area (Å²) in [7, 11) is 3.59. The van der Waals surface area contributed by atoms with E-state index in [9.17, 15) is 19.5 Å². The lowest BCUT2D eigenvalue weighted by molar-refractivity contribution is -0.170. The molecule has 0 aromatic heterocycles. The Bertz CT molecular complexity index is 1270. The zero-order chi connectivity index (χ0) is 29.2. The van der Waals surface area contributed by atoms with Crippen LogP contribution in [-0.2, 0) is 35.6 Å². The van der Waals surface area contributed by atoms with Crippen LogP contribution in [0.5, 0.6) is 11.5 Å². The first-order valence-electron chi connectivity index (χ1n) is 13.6. The summed E-state index contributed by atoms with van der Waals surface area (Å²) < 4.78 is 28.1. The number of hydrogen-bond donors (Lipinski definition) is 2. The van der Waals surface area contributed by atoms with Crippen molar-refractivity contribution in [2.75, 3.05) is 20.7 Å². The smallest absolute Gasteiger partial charge is 0.493 e. The Balaban J connectivity index is 1.35. The standard InChI is InChI=1S/C29H38N2O9/c1-15(30-24(32)16(2)37-26(34)40-27(3,4)5)25(33)38-19-10-11-29(35)20-14-17-8-9-18(36-7)22-21(17)28(29,23(19)39-22)12-13-31(20)6/h8-10,15-16,20,23,35H,11-14H2,1-7H3,(H,30,32)/t15?,16-,20+,23-,28-,29+/m0/s1. The number of carbonyl (C=O) groups excluding carboxylic acids is 3. The maximum atomic E-state index is 13.2. The summed E-state index contributed by atoms with van der Waals surface area (Å²) in [5, 5.41) is 14.8. The zero-order valence-corrected chi connectivity index (χ0v) is 24.0. The number of benzene rings is 1. The molecule has 1 aromatic carbocycles. The van der Waals surface area contributed by atoms with E-state index in [4.69, 9.17) is 23.7 Å². The lowest BCUT2D eigenvalue weighted by Crippen LogP contribution is -2.74. The molecule has 1 aromatic rings. The predicted molar refractivity (Wildman–Crippen MR) is 142 cm³/mol. The van der Waals surface area contributed by atoms with Crippen molar-refractivity contribution >= 4 is 18.0 Å². The molecule has 218 valence electrons. The van der Waals surface area contributed by atoms with Crippen LogP contribution in [0.2, 0.25) is 0 Å². The summed E-state index contributed by atoms with van der Waals surface area (Å²) in [6.45, 7) is 8.65. The molecule has 1 fully saturated rings. The number of piperidine rings is 1. The SMILES string of the molecule is COc1ccc2c3c1O[C@H]1C(OC(=O)C(C)NC(=O)[C@H](C)OC(=O)OC(C)(C)C)=CC[C@@]4(O)[C@@H](C2)N(C)CC[C@]314. The number of amides is 1. The van der Waals surface area contributed by atoms with E-state index >= 15 is 0 Å².